The molecule has 1 heterocycles. The number of hydrogen-bond acceptors (Lipinski definition) is 2. The molecule has 0 spiro atoms. The van der Waals surface area contributed by atoms with Crippen molar-refractivity contribution in [2.45, 2.75) is 12.3 Å². The zero-order valence-corrected chi connectivity index (χ0v) is 14.8. The van der Waals surface area contributed by atoms with Crippen LogP contribution in [0, 0.1) is 0 Å². The van der Waals surface area contributed by atoms with Gasteiger partial charge in [0.05, 0.1) is 5.70 Å². The normalized spacial score (nSPS) is 16.7. The van der Waals surface area contributed by atoms with Crippen LogP contribution in [-0.4, -0.2) is 11.7 Å². The van der Waals surface area contributed by atoms with E-state index in [0.717, 1.165) is 11.1 Å². The minimum atomic E-state index is -0.275. The molecule has 3 nitrogen and oxygen atoms in total. The van der Waals surface area contributed by atoms with Gasteiger partial charge in [0.1, 0.15) is 0 Å². The van der Waals surface area contributed by atoms with Crippen LogP contribution in [0.4, 0.5) is 0 Å². The smallest absolute Gasteiger partial charge is 0.225 e. The van der Waals surface area contributed by atoms with Gasteiger partial charge in [-0.15, -0.1) is 0 Å². The molecule has 1 N–H and O–H groups in total. The minimum absolute atomic E-state index is 0.0525. The van der Waals surface area contributed by atoms with Crippen molar-refractivity contribution in [2.75, 3.05) is 0 Å². The van der Waals surface area contributed by atoms with Crippen molar-refractivity contribution < 1.29 is 9.59 Å². The van der Waals surface area contributed by atoms with E-state index in [0.29, 0.717) is 16.8 Å². The Labute approximate surface area is 158 Å². The summed E-state index contributed by atoms with van der Waals surface area (Å²) in [5.74, 6) is -0.404. The fourth-order valence-corrected chi connectivity index (χ4v) is 3.54. The standard InChI is InChI=1S/C24H19NO2/c26-21-16-20(17-10-4-1-5-11-17)22(24(27)19-14-8-3-9-15-19)23(25-21)18-12-6-2-7-13-18/h1-15,20H,16H2,(H,25,26)/t20-/m1/s1. The fourth-order valence-electron chi connectivity index (χ4n) is 3.54. The maximum atomic E-state index is 13.5. The molecule has 0 fully saturated rings. The molecule has 132 valence electrons. The molecular formula is C24H19NO2. The topological polar surface area (TPSA) is 46.2 Å². The third kappa shape index (κ3) is 3.44. The van der Waals surface area contributed by atoms with Crippen LogP contribution in [0.1, 0.15) is 33.8 Å². The van der Waals surface area contributed by atoms with Crippen LogP contribution in [0.3, 0.4) is 0 Å². The van der Waals surface area contributed by atoms with Crippen molar-refractivity contribution in [3.8, 4) is 0 Å². The Bertz CT molecular complexity index is 992. The highest BCUT2D eigenvalue weighted by Crippen LogP contribution is 2.37. The molecule has 0 aliphatic carbocycles. The van der Waals surface area contributed by atoms with Gasteiger partial charge in [-0.1, -0.05) is 91.0 Å². The predicted molar refractivity (Wildman–Crippen MR) is 106 cm³/mol. The summed E-state index contributed by atoms with van der Waals surface area (Å²) < 4.78 is 0. The summed E-state index contributed by atoms with van der Waals surface area (Å²) in [7, 11) is 0. The largest absolute Gasteiger partial charge is 0.325 e. The number of rotatable bonds is 4. The molecule has 0 saturated carbocycles. The third-order valence-corrected chi connectivity index (χ3v) is 4.82. The monoisotopic (exact) mass is 353 g/mol. The SMILES string of the molecule is O=C1C[C@H](c2ccccc2)C(C(=O)c2ccccc2)=C(c2ccccc2)N1. The predicted octanol–water partition coefficient (Wildman–Crippen LogP) is 4.58. The van der Waals surface area contributed by atoms with E-state index in [1.807, 2.05) is 91.0 Å². The summed E-state index contributed by atoms with van der Waals surface area (Å²) in [5.41, 5.74) is 3.68. The quantitative estimate of drug-likeness (QED) is 0.698. The first kappa shape index (κ1) is 17.0. The van der Waals surface area contributed by atoms with E-state index in [1.165, 1.54) is 0 Å². The molecule has 3 aromatic carbocycles. The van der Waals surface area contributed by atoms with Gasteiger partial charge in [-0.05, 0) is 11.1 Å². The van der Waals surface area contributed by atoms with E-state index in [9.17, 15) is 9.59 Å². The molecule has 3 heteroatoms. The Hall–Kier alpha value is -3.46. The van der Waals surface area contributed by atoms with E-state index >= 15 is 0 Å². The lowest BCUT2D eigenvalue weighted by atomic mass is 9.79. The van der Waals surface area contributed by atoms with Gasteiger partial charge in [0.25, 0.3) is 0 Å². The second kappa shape index (κ2) is 7.42. The number of Topliss-reactive ketones (excluding diaryl/α,β-unsaturated/α-hetero) is 1. The maximum absolute atomic E-state index is 13.5. The molecule has 0 saturated heterocycles. The van der Waals surface area contributed by atoms with Crippen LogP contribution < -0.4 is 5.32 Å². The number of hydrogen-bond donors (Lipinski definition) is 1. The van der Waals surface area contributed by atoms with Crippen molar-refractivity contribution in [3.63, 3.8) is 0 Å². The highest BCUT2D eigenvalue weighted by molar-refractivity contribution is 6.16. The molecule has 0 bridgehead atoms. The Morgan fingerprint density at radius 1 is 0.778 bits per heavy atom. The van der Waals surface area contributed by atoms with Crippen LogP contribution in [0.15, 0.2) is 96.6 Å². The second-order valence-electron chi connectivity index (χ2n) is 6.57. The molecular weight excluding hydrogens is 334 g/mol. The number of allylic oxidation sites excluding steroid dienone is 1. The number of benzene rings is 3. The molecule has 0 unspecified atom stereocenters. The van der Waals surface area contributed by atoms with Crippen molar-refractivity contribution in [2.24, 2.45) is 0 Å². The molecule has 1 amide bonds. The Kier molecular flexibility index (Phi) is 4.67. The Morgan fingerprint density at radius 3 is 1.96 bits per heavy atom. The molecule has 1 aliphatic heterocycles. The third-order valence-electron chi connectivity index (χ3n) is 4.82. The Balaban J connectivity index is 1.93. The molecule has 1 aliphatic rings. The fraction of sp³-hybridized carbons (Fsp3) is 0.0833. The van der Waals surface area contributed by atoms with Gasteiger partial charge in [-0.3, -0.25) is 9.59 Å². The van der Waals surface area contributed by atoms with Crippen molar-refractivity contribution in [3.05, 3.63) is 113 Å². The summed E-state index contributed by atoms with van der Waals surface area (Å²) in [5, 5.41) is 2.95. The van der Waals surface area contributed by atoms with Crippen molar-refractivity contribution in [1.82, 2.24) is 5.32 Å². The number of nitrogens with one attached hydrogen (secondary N) is 1. The van der Waals surface area contributed by atoms with E-state index < -0.39 is 0 Å². The van der Waals surface area contributed by atoms with Gasteiger partial charge < -0.3 is 5.32 Å². The van der Waals surface area contributed by atoms with Crippen LogP contribution in [0.25, 0.3) is 5.70 Å². The summed E-state index contributed by atoms with van der Waals surface area (Å²) in [6.07, 6.45) is 0.258. The summed E-state index contributed by atoms with van der Waals surface area (Å²) >= 11 is 0. The van der Waals surface area contributed by atoms with Crippen LogP contribution in [0.5, 0.6) is 0 Å². The van der Waals surface area contributed by atoms with Crippen LogP contribution >= 0.6 is 0 Å². The van der Waals surface area contributed by atoms with Gasteiger partial charge in [0, 0.05) is 23.5 Å². The second-order valence-corrected chi connectivity index (χ2v) is 6.57. The van der Waals surface area contributed by atoms with Gasteiger partial charge in [0.2, 0.25) is 5.91 Å². The lowest BCUT2D eigenvalue weighted by Gasteiger charge is -2.29. The minimum Gasteiger partial charge on any atom is -0.325 e. The number of amides is 1. The first-order chi connectivity index (χ1) is 13.2. The first-order valence-corrected chi connectivity index (χ1v) is 8.98. The van der Waals surface area contributed by atoms with E-state index in [-0.39, 0.29) is 24.0 Å². The number of carbonyl (C=O) groups excluding carboxylic acids is 2. The maximum Gasteiger partial charge on any atom is 0.225 e. The molecule has 3 aromatic rings. The van der Waals surface area contributed by atoms with Gasteiger partial charge in [-0.25, -0.2) is 0 Å². The van der Waals surface area contributed by atoms with Gasteiger partial charge >= 0.3 is 0 Å². The number of ketones is 1. The van der Waals surface area contributed by atoms with Crippen LogP contribution in [-0.2, 0) is 4.79 Å². The van der Waals surface area contributed by atoms with Crippen LogP contribution in [0.2, 0.25) is 0 Å². The van der Waals surface area contributed by atoms with E-state index in [1.54, 1.807) is 0 Å². The average Bonchev–Trinajstić information content (AvgIpc) is 2.74. The molecule has 0 radical (unpaired) electrons. The molecule has 27 heavy (non-hydrogen) atoms. The first-order valence-electron chi connectivity index (χ1n) is 8.98. The van der Waals surface area contributed by atoms with E-state index in [2.05, 4.69) is 5.32 Å². The highest BCUT2D eigenvalue weighted by Gasteiger charge is 2.34. The number of carbonyl (C=O) groups is 2. The molecule has 4 rings (SSSR count). The summed E-state index contributed by atoms with van der Waals surface area (Å²) in [4.78, 5) is 25.9. The van der Waals surface area contributed by atoms with Gasteiger partial charge in [-0.2, -0.15) is 0 Å². The molecule has 1 atom stereocenters. The zero-order chi connectivity index (χ0) is 18.6. The lowest BCUT2D eigenvalue weighted by Crippen LogP contribution is -2.34. The molecule has 0 aromatic heterocycles. The van der Waals surface area contributed by atoms with Gasteiger partial charge in [0.15, 0.2) is 5.78 Å². The summed E-state index contributed by atoms with van der Waals surface area (Å²) in [6, 6.07) is 28.6. The lowest BCUT2D eigenvalue weighted by molar-refractivity contribution is -0.120. The Morgan fingerprint density at radius 2 is 1.33 bits per heavy atom. The average molecular weight is 353 g/mol. The van der Waals surface area contributed by atoms with E-state index in [4.69, 9.17) is 0 Å². The van der Waals surface area contributed by atoms with Crippen molar-refractivity contribution >= 4 is 17.4 Å². The van der Waals surface area contributed by atoms with Crippen molar-refractivity contribution in [1.29, 1.82) is 0 Å². The summed E-state index contributed by atoms with van der Waals surface area (Å²) in [6.45, 7) is 0. The highest BCUT2D eigenvalue weighted by atomic mass is 16.2. The zero-order valence-electron chi connectivity index (χ0n) is 14.8.